The Labute approximate surface area is 335 Å². The van der Waals surface area contributed by atoms with Crippen LogP contribution in [0.15, 0.2) is 212 Å². The molecule has 11 aromatic rings. The highest BCUT2D eigenvalue weighted by molar-refractivity contribution is 5.97. The first-order chi connectivity index (χ1) is 28.8. The summed E-state index contributed by atoms with van der Waals surface area (Å²) in [4.78, 5) is 15.5. The molecule has 5 nitrogen and oxygen atoms in total. The predicted molar refractivity (Wildman–Crippen MR) is 238 cm³/mol. The Morgan fingerprint density at radius 1 is 0.310 bits per heavy atom. The number of para-hydroxylation sites is 3. The fourth-order valence-corrected chi connectivity index (χ4v) is 8.19. The van der Waals surface area contributed by atoms with Crippen molar-refractivity contribution < 1.29 is 0 Å². The summed E-state index contributed by atoms with van der Waals surface area (Å²) < 4.78 is 4.66. The average molecular weight is 742 g/mol. The highest BCUT2D eigenvalue weighted by atomic mass is 15.2. The SMILES string of the molecule is c1ccc(-c2cc(-c3ccccc3)nc(-c3ccc(-c4ccc5nc6n(-c7c(-c8ccccc8)cccc7-c7ccccc7)c7ccccc7n6c5c4)cc3)n2)cc1. The Morgan fingerprint density at radius 3 is 1.36 bits per heavy atom. The van der Waals surface area contributed by atoms with E-state index in [0.29, 0.717) is 5.82 Å². The van der Waals surface area contributed by atoms with Crippen molar-refractivity contribution in [2.45, 2.75) is 0 Å². The topological polar surface area (TPSA) is 48.0 Å². The number of fused-ring (bicyclic) bond motifs is 5. The molecule has 0 aliphatic heterocycles. The summed E-state index contributed by atoms with van der Waals surface area (Å²) >= 11 is 0. The van der Waals surface area contributed by atoms with Crippen LogP contribution in [0.1, 0.15) is 0 Å². The first kappa shape index (κ1) is 33.4. The molecule has 0 spiro atoms. The molecule has 0 aliphatic rings. The molecular weight excluding hydrogens is 707 g/mol. The maximum absolute atomic E-state index is 5.36. The molecule has 0 aliphatic carbocycles. The second-order valence-electron chi connectivity index (χ2n) is 14.5. The third-order valence-corrected chi connectivity index (χ3v) is 11.0. The van der Waals surface area contributed by atoms with Crippen molar-refractivity contribution in [3.63, 3.8) is 0 Å². The Bertz CT molecular complexity index is 3130. The number of imidazole rings is 2. The zero-order chi connectivity index (χ0) is 38.4. The van der Waals surface area contributed by atoms with Crippen molar-refractivity contribution in [2.75, 3.05) is 0 Å². The van der Waals surface area contributed by atoms with E-state index >= 15 is 0 Å². The van der Waals surface area contributed by atoms with Crippen LogP contribution in [0.2, 0.25) is 0 Å². The highest BCUT2D eigenvalue weighted by Crippen LogP contribution is 2.40. The number of aromatic nitrogens is 5. The van der Waals surface area contributed by atoms with Gasteiger partial charge < -0.3 is 0 Å². The number of hydrogen-bond donors (Lipinski definition) is 0. The minimum Gasteiger partial charge on any atom is -0.277 e. The molecule has 3 aromatic heterocycles. The van der Waals surface area contributed by atoms with E-state index in [1.165, 1.54) is 0 Å². The molecule has 0 saturated carbocycles. The second kappa shape index (κ2) is 14.0. The van der Waals surface area contributed by atoms with E-state index in [1.807, 2.05) is 36.4 Å². The van der Waals surface area contributed by atoms with Crippen molar-refractivity contribution >= 4 is 27.8 Å². The molecule has 0 unspecified atom stereocenters. The molecular formula is C53H35N5. The second-order valence-corrected chi connectivity index (χ2v) is 14.5. The number of nitrogens with zero attached hydrogens (tertiary/aromatic N) is 5. The summed E-state index contributed by atoms with van der Waals surface area (Å²) in [6.07, 6.45) is 0. The third kappa shape index (κ3) is 5.76. The van der Waals surface area contributed by atoms with E-state index in [2.05, 4.69) is 185 Å². The molecule has 3 heterocycles. The van der Waals surface area contributed by atoms with E-state index in [-0.39, 0.29) is 0 Å². The summed E-state index contributed by atoms with van der Waals surface area (Å²) in [6.45, 7) is 0. The van der Waals surface area contributed by atoms with Gasteiger partial charge in [-0.3, -0.25) is 8.97 Å². The largest absolute Gasteiger partial charge is 0.277 e. The highest BCUT2D eigenvalue weighted by Gasteiger charge is 2.23. The van der Waals surface area contributed by atoms with Gasteiger partial charge in [-0.15, -0.1) is 0 Å². The minimum absolute atomic E-state index is 0.693. The molecule has 0 saturated heterocycles. The normalized spacial score (nSPS) is 11.4. The lowest BCUT2D eigenvalue weighted by Crippen LogP contribution is -2.01. The Kier molecular flexibility index (Phi) is 8.07. The van der Waals surface area contributed by atoms with Crippen molar-refractivity contribution in [3.8, 4) is 73.0 Å². The summed E-state index contributed by atoms with van der Waals surface area (Å²) in [5.41, 5.74) is 17.0. The fraction of sp³-hybridized carbons (Fsp3) is 0. The lowest BCUT2D eigenvalue weighted by Gasteiger charge is -2.17. The van der Waals surface area contributed by atoms with E-state index in [9.17, 15) is 0 Å². The third-order valence-electron chi connectivity index (χ3n) is 11.0. The Hall–Kier alpha value is -7.89. The van der Waals surface area contributed by atoms with Gasteiger partial charge in [0.15, 0.2) is 5.82 Å². The Balaban J connectivity index is 1.05. The van der Waals surface area contributed by atoms with Crippen LogP contribution in [0.3, 0.4) is 0 Å². The van der Waals surface area contributed by atoms with E-state index < -0.39 is 0 Å². The van der Waals surface area contributed by atoms with Crippen molar-refractivity contribution in [2.24, 2.45) is 0 Å². The van der Waals surface area contributed by atoms with Crippen molar-refractivity contribution in [1.29, 1.82) is 0 Å². The first-order valence-electron chi connectivity index (χ1n) is 19.5. The molecule has 0 radical (unpaired) electrons. The Morgan fingerprint density at radius 2 is 0.793 bits per heavy atom. The van der Waals surface area contributed by atoms with Gasteiger partial charge >= 0.3 is 0 Å². The van der Waals surface area contributed by atoms with Gasteiger partial charge in [-0.2, -0.15) is 0 Å². The van der Waals surface area contributed by atoms with Gasteiger partial charge in [0, 0.05) is 27.8 Å². The van der Waals surface area contributed by atoms with Gasteiger partial charge in [0.1, 0.15) is 0 Å². The molecule has 0 amide bonds. The fourth-order valence-electron chi connectivity index (χ4n) is 8.19. The number of benzene rings is 8. The van der Waals surface area contributed by atoms with Gasteiger partial charge in [0.05, 0.1) is 39.1 Å². The van der Waals surface area contributed by atoms with E-state index in [1.54, 1.807) is 0 Å². The van der Waals surface area contributed by atoms with Gasteiger partial charge in [0.25, 0.3) is 0 Å². The maximum Gasteiger partial charge on any atom is 0.220 e. The smallest absolute Gasteiger partial charge is 0.220 e. The summed E-state index contributed by atoms with van der Waals surface area (Å²) in [5.74, 6) is 1.56. The summed E-state index contributed by atoms with van der Waals surface area (Å²) in [6, 6.07) is 74.4. The van der Waals surface area contributed by atoms with Crippen LogP contribution in [0.25, 0.3) is 101 Å². The molecule has 0 fully saturated rings. The van der Waals surface area contributed by atoms with Crippen LogP contribution in [0, 0.1) is 0 Å². The number of rotatable bonds is 7. The van der Waals surface area contributed by atoms with Crippen molar-refractivity contribution in [3.05, 3.63) is 212 Å². The molecule has 11 rings (SSSR count). The van der Waals surface area contributed by atoms with E-state index in [4.69, 9.17) is 15.0 Å². The maximum atomic E-state index is 5.36. The average Bonchev–Trinajstić information content (AvgIpc) is 3.84. The summed E-state index contributed by atoms with van der Waals surface area (Å²) in [5, 5.41) is 0. The van der Waals surface area contributed by atoms with Gasteiger partial charge in [0.2, 0.25) is 5.78 Å². The van der Waals surface area contributed by atoms with Gasteiger partial charge in [-0.25, -0.2) is 15.0 Å². The lowest BCUT2D eigenvalue weighted by atomic mass is 9.95. The monoisotopic (exact) mass is 741 g/mol. The van der Waals surface area contributed by atoms with Crippen LogP contribution in [-0.4, -0.2) is 23.9 Å². The quantitative estimate of drug-likeness (QED) is 0.163. The van der Waals surface area contributed by atoms with Crippen LogP contribution in [0.4, 0.5) is 0 Å². The zero-order valence-electron chi connectivity index (χ0n) is 31.4. The van der Waals surface area contributed by atoms with Crippen LogP contribution < -0.4 is 0 Å². The molecule has 58 heavy (non-hydrogen) atoms. The van der Waals surface area contributed by atoms with Crippen LogP contribution in [0.5, 0.6) is 0 Å². The molecule has 272 valence electrons. The van der Waals surface area contributed by atoms with Gasteiger partial charge in [-0.1, -0.05) is 182 Å². The van der Waals surface area contributed by atoms with Crippen LogP contribution >= 0.6 is 0 Å². The summed E-state index contributed by atoms with van der Waals surface area (Å²) in [7, 11) is 0. The van der Waals surface area contributed by atoms with Crippen molar-refractivity contribution in [1.82, 2.24) is 23.9 Å². The molecule has 0 atom stereocenters. The number of hydrogen-bond acceptors (Lipinski definition) is 3. The minimum atomic E-state index is 0.693. The van der Waals surface area contributed by atoms with E-state index in [0.717, 1.165) is 95.0 Å². The molecule has 5 heteroatoms. The van der Waals surface area contributed by atoms with Gasteiger partial charge in [-0.05, 0) is 52.6 Å². The molecule has 0 N–H and O–H groups in total. The standard InChI is InChI=1S/C53H35N5/c1-5-16-37(17-6-1)43-24-15-25-44(38-18-7-2-8-19-38)51(43)58-49-27-14-13-26-48(49)57-50-34-42(32-33-45(50)56-53(57)58)36-28-30-41(31-29-36)52-54-46(39-20-9-3-10-21-39)35-47(55-52)40-22-11-4-12-23-40/h1-35H. The van der Waals surface area contributed by atoms with Crippen LogP contribution in [-0.2, 0) is 0 Å². The zero-order valence-corrected chi connectivity index (χ0v) is 31.4. The first-order valence-corrected chi connectivity index (χ1v) is 19.5. The lowest BCUT2D eigenvalue weighted by molar-refractivity contribution is 1.11. The molecule has 0 bridgehead atoms. The predicted octanol–water partition coefficient (Wildman–Crippen LogP) is 13.2. The molecule has 8 aromatic carbocycles.